The summed E-state index contributed by atoms with van der Waals surface area (Å²) in [4.78, 5) is 13.4. The van der Waals surface area contributed by atoms with E-state index in [1.54, 1.807) is 0 Å². The van der Waals surface area contributed by atoms with Crippen molar-refractivity contribution in [2.24, 2.45) is 17.3 Å². The number of para-hydroxylation sites is 1. The first-order valence-corrected chi connectivity index (χ1v) is 10.7. The Morgan fingerprint density at radius 2 is 1.83 bits per heavy atom. The lowest BCUT2D eigenvalue weighted by atomic mass is 9.55. The van der Waals surface area contributed by atoms with Crippen molar-refractivity contribution in [3.8, 4) is 5.75 Å². The van der Waals surface area contributed by atoms with Crippen molar-refractivity contribution in [1.82, 2.24) is 0 Å². The highest BCUT2D eigenvalue weighted by molar-refractivity contribution is 6.04. The summed E-state index contributed by atoms with van der Waals surface area (Å²) in [6.45, 7) is 4.71. The van der Waals surface area contributed by atoms with Crippen LogP contribution in [0.1, 0.15) is 50.7 Å². The van der Waals surface area contributed by atoms with E-state index >= 15 is 0 Å². The number of Topliss-reactive ketones (excluding diaryl/α,β-unsaturated/α-hetero) is 1. The molecule has 2 aromatic carbocycles. The van der Waals surface area contributed by atoms with Gasteiger partial charge in [-0.05, 0) is 60.8 Å². The summed E-state index contributed by atoms with van der Waals surface area (Å²) >= 11 is 0. The number of hydrogen-bond acceptors (Lipinski definition) is 3. The van der Waals surface area contributed by atoms with Gasteiger partial charge in [-0.15, -0.1) is 0 Å². The molecule has 0 amide bonds. The van der Waals surface area contributed by atoms with Gasteiger partial charge in [0.1, 0.15) is 12.4 Å². The number of fused-ring (bicyclic) bond motifs is 1. The zero-order chi connectivity index (χ0) is 20.4. The molecule has 1 N–H and O–H groups in total. The lowest BCUT2D eigenvalue weighted by molar-refractivity contribution is -0.137. The lowest BCUT2D eigenvalue weighted by Crippen LogP contribution is -2.50. The Kier molecular flexibility index (Phi) is 5.60. The Morgan fingerprint density at radius 3 is 2.62 bits per heavy atom. The predicted octanol–water partition coefficient (Wildman–Crippen LogP) is 5.43. The van der Waals surface area contributed by atoms with Crippen LogP contribution in [0.2, 0.25) is 0 Å². The Hall–Kier alpha value is -2.39. The predicted molar refractivity (Wildman–Crippen MR) is 115 cm³/mol. The number of aliphatic hydroxyl groups excluding tert-OH is 1. The molecule has 4 rings (SSSR count). The molecule has 0 aromatic heterocycles. The summed E-state index contributed by atoms with van der Waals surface area (Å²) in [6.07, 6.45) is 4.95. The van der Waals surface area contributed by atoms with Crippen molar-refractivity contribution < 1.29 is 14.6 Å². The Bertz CT molecular complexity index is 901. The summed E-state index contributed by atoms with van der Waals surface area (Å²) in [7, 11) is 0. The summed E-state index contributed by atoms with van der Waals surface area (Å²) in [6, 6.07) is 18.0. The number of allylic oxidation sites excluding steroid dienone is 1. The van der Waals surface area contributed by atoms with Crippen LogP contribution in [-0.4, -0.2) is 17.0 Å². The second kappa shape index (κ2) is 8.16. The highest BCUT2D eigenvalue weighted by atomic mass is 16.5. The van der Waals surface area contributed by atoms with E-state index in [2.05, 4.69) is 13.8 Å². The maximum atomic E-state index is 13.4. The van der Waals surface area contributed by atoms with Crippen molar-refractivity contribution >= 4 is 11.9 Å². The number of rotatable bonds is 4. The van der Waals surface area contributed by atoms with Crippen LogP contribution >= 0.6 is 0 Å². The maximum absolute atomic E-state index is 13.4. The number of carbonyl (C=O) groups is 1. The number of carbonyl (C=O) groups excluding carboxylic acids is 1. The van der Waals surface area contributed by atoms with Gasteiger partial charge in [-0.3, -0.25) is 4.79 Å². The van der Waals surface area contributed by atoms with Crippen LogP contribution in [0.4, 0.5) is 0 Å². The molecule has 0 saturated heterocycles. The molecule has 2 aromatic rings. The van der Waals surface area contributed by atoms with Gasteiger partial charge in [-0.2, -0.15) is 0 Å². The van der Waals surface area contributed by atoms with Gasteiger partial charge < -0.3 is 9.84 Å². The van der Waals surface area contributed by atoms with Crippen LogP contribution in [0.25, 0.3) is 6.08 Å². The maximum Gasteiger partial charge on any atom is 0.165 e. The Morgan fingerprint density at radius 1 is 1.10 bits per heavy atom. The minimum atomic E-state index is -0.359. The van der Waals surface area contributed by atoms with E-state index < -0.39 is 0 Å². The third-order valence-corrected chi connectivity index (χ3v) is 7.04. The van der Waals surface area contributed by atoms with Crippen LogP contribution in [0, 0.1) is 17.3 Å². The quantitative estimate of drug-likeness (QED) is 0.709. The van der Waals surface area contributed by atoms with E-state index in [-0.39, 0.29) is 29.1 Å². The van der Waals surface area contributed by atoms with Crippen LogP contribution in [0.15, 0.2) is 60.2 Å². The molecule has 0 radical (unpaired) electrons. The Balaban J connectivity index is 1.56. The zero-order valence-electron chi connectivity index (χ0n) is 17.3. The highest BCUT2D eigenvalue weighted by Gasteiger charge is 2.51. The summed E-state index contributed by atoms with van der Waals surface area (Å²) in [5.74, 6) is 1.50. The largest absolute Gasteiger partial charge is 0.488 e. The van der Waals surface area contributed by atoms with Crippen LogP contribution in [0.5, 0.6) is 5.75 Å². The molecule has 0 heterocycles. The molecule has 152 valence electrons. The van der Waals surface area contributed by atoms with Crippen molar-refractivity contribution in [1.29, 1.82) is 0 Å². The van der Waals surface area contributed by atoms with Gasteiger partial charge in [0.25, 0.3) is 0 Å². The first-order chi connectivity index (χ1) is 14.0. The molecule has 3 heteroatoms. The van der Waals surface area contributed by atoms with E-state index in [1.165, 1.54) is 0 Å². The lowest BCUT2D eigenvalue weighted by Gasteiger charge is -2.49. The van der Waals surface area contributed by atoms with Crippen molar-refractivity contribution in [2.45, 2.75) is 52.2 Å². The molecule has 29 heavy (non-hydrogen) atoms. The summed E-state index contributed by atoms with van der Waals surface area (Å²) in [5.41, 5.74) is 2.61. The van der Waals surface area contributed by atoms with Crippen molar-refractivity contribution in [2.75, 3.05) is 0 Å². The number of hydrogen-bond donors (Lipinski definition) is 1. The topological polar surface area (TPSA) is 46.5 Å². The van der Waals surface area contributed by atoms with Gasteiger partial charge in [0.2, 0.25) is 0 Å². The van der Waals surface area contributed by atoms with Crippen LogP contribution < -0.4 is 4.74 Å². The molecule has 3 nitrogen and oxygen atoms in total. The second-order valence-corrected chi connectivity index (χ2v) is 8.84. The fourth-order valence-electron chi connectivity index (χ4n) is 5.19. The van der Waals surface area contributed by atoms with Gasteiger partial charge in [0, 0.05) is 11.0 Å². The first-order valence-electron chi connectivity index (χ1n) is 10.7. The smallest absolute Gasteiger partial charge is 0.165 e. The van der Waals surface area contributed by atoms with E-state index in [9.17, 15) is 9.90 Å². The van der Waals surface area contributed by atoms with Crippen molar-refractivity contribution in [3.63, 3.8) is 0 Å². The Labute approximate surface area is 173 Å². The minimum absolute atomic E-state index is 0.181. The molecule has 0 aliphatic heterocycles. The summed E-state index contributed by atoms with van der Waals surface area (Å²) in [5, 5.41) is 10.3. The van der Waals surface area contributed by atoms with Gasteiger partial charge in [-0.1, -0.05) is 62.4 Å². The minimum Gasteiger partial charge on any atom is -0.488 e. The van der Waals surface area contributed by atoms with Crippen LogP contribution in [-0.2, 0) is 11.4 Å². The van der Waals surface area contributed by atoms with Gasteiger partial charge in [0.15, 0.2) is 5.78 Å². The number of benzene rings is 2. The molecule has 0 spiro atoms. The first kappa shape index (κ1) is 19.9. The molecule has 2 unspecified atom stereocenters. The second-order valence-electron chi connectivity index (χ2n) is 8.84. The number of ketones is 1. The molecular formula is C26H30O3. The standard InChI is InChI=1S/C26H30O3/c1-18-22-13-12-21(25(28)26(22,2)15-14-23(18)27)16-20-10-6-7-11-24(20)29-17-19-8-4-3-5-9-19/h3-11,16,18,22-23,27H,12-15,17H2,1-2H3/t18-,22?,23?,26-/m0/s1. The number of aliphatic hydroxyl groups is 1. The molecule has 2 fully saturated rings. The van der Waals surface area contributed by atoms with Crippen LogP contribution in [0.3, 0.4) is 0 Å². The van der Waals surface area contributed by atoms with E-state index in [4.69, 9.17) is 4.74 Å². The third-order valence-electron chi connectivity index (χ3n) is 7.04. The average Bonchev–Trinajstić information content (AvgIpc) is 2.74. The van der Waals surface area contributed by atoms with Gasteiger partial charge in [0.05, 0.1) is 6.10 Å². The van der Waals surface area contributed by atoms with E-state index in [0.717, 1.165) is 41.7 Å². The zero-order valence-corrected chi connectivity index (χ0v) is 17.3. The van der Waals surface area contributed by atoms with Gasteiger partial charge >= 0.3 is 0 Å². The monoisotopic (exact) mass is 390 g/mol. The highest BCUT2D eigenvalue weighted by Crippen LogP contribution is 2.52. The molecule has 0 bridgehead atoms. The molecular weight excluding hydrogens is 360 g/mol. The molecule has 2 aliphatic carbocycles. The molecule has 2 aliphatic rings. The number of ether oxygens (including phenoxy) is 1. The molecule has 2 saturated carbocycles. The summed E-state index contributed by atoms with van der Waals surface area (Å²) < 4.78 is 6.07. The average molecular weight is 391 g/mol. The normalized spacial score (nSPS) is 30.8. The SMILES string of the molecule is C[C@@H]1C(O)CC[C@]2(C)C(=O)C(=Cc3ccccc3OCc3ccccc3)CCC12. The fourth-order valence-corrected chi connectivity index (χ4v) is 5.19. The van der Waals surface area contributed by atoms with Gasteiger partial charge in [-0.25, -0.2) is 0 Å². The molecule has 4 atom stereocenters. The third kappa shape index (κ3) is 3.89. The van der Waals surface area contributed by atoms with E-state index in [0.29, 0.717) is 13.0 Å². The fraction of sp³-hybridized carbons (Fsp3) is 0.423. The van der Waals surface area contributed by atoms with E-state index in [1.807, 2.05) is 60.7 Å². The van der Waals surface area contributed by atoms with Crippen molar-refractivity contribution in [3.05, 3.63) is 71.3 Å².